The topological polar surface area (TPSA) is 80.5 Å². The van der Waals surface area contributed by atoms with Crippen LogP contribution in [0.25, 0.3) is 0 Å². The second-order valence-corrected chi connectivity index (χ2v) is 7.98. The molecule has 3 unspecified atom stereocenters. The van der Waals surface area contributed by atoms with E-state index >= 15 is 0 Å². The van der Waals surface area contributed by atoms with Gasteiger partial charge in [-0.25, -0.2) is 0 Å². The molecule has 2 heterocycles. The lowest BCUT2D eigenvalue weighted by Gasteiger charge is -2.39. The van der Waals surface area contributed by atoms with E-state index in [1.165, 1.54) is 12.7 Å². The Morgan fingerprint density at radius 3 is 2.69 bits per heavy atom. The van der Waals surface area contributed by atoms with Gasteiger partial charge in [0.2, 0.25) is 0 Å². The Balaban J connectivity index is 1.55. The van der Waals surface area contributed by atoms with Gasteiger partial charge in [-0.2, -0.15) is 0 Å². The first-order chi connectivity index (χ1) is 14.0. The summed E-state index contributed by atoms with van der Waals surface area (Å²) < 4.78 is 12.2. The third-order valence-corrected chi connectivity index (χ3v) is 5.72. The summed E-state index contributed by atoms with van der Waals surface area (Å²) in [6.45, 7) is 2.03. The Morgan fingerprint density at radius 1 is 1.17 bits per heavy atom. The van der Waals surface area contributed by atoms with Crippen LogP contribution in [0, 0.1) is 0 Å². The third kappa shape index (κ3) is 3.94. The van der Waals surface area contributed by atoms with Crippen LogP contribution < -0.4 is 0 Å². The molecular weight excluding hydrogens is 370 g/mol. The average molecular weight is 397 g/mol. The monoisotopic (exact) mass is 397 g/mol. The summed E-state index contributed by atoms with van der Waals surface area (Å²) in [6, 6.07) is 16.3. The minimum Gasteiger partial charge on any atom is -0.399 e. The highest BCUT2D eigenvalue weighted by molar-refractivity contribution is 5.98. The summed E-state index contributed by atoms with van der Waals surface area (Å²) >= 11 is 0. The van der Waals surface area contributed by atoms with Crippen molar-refractivity contribution < 1.29 is 24.5 Å². The number of aliphatic hydroxyl groups is 2. The predicted molar refractivity (Wildman–Crippen MR) is 109 cm³/mol. The predicted octanol–water partition coefficient (Wildman–Crippen LogP) is 2.73. The van der Waals surface area contributed by atoms with E-state index in [0.29, 0.717) is 12.8 Å². The van der Waals surface area contributed by atoms with Crippen LogP contribution in [0.2, 0.25) is 0 Å². The zero-order valence-electron chi connectivity index (χ0n) is 16.8. The molecule has 154 valence electrons. The van der Waals surface area contributed by atoms with Crippen molar-refractivity contribution in [3.8, 4) is 0 Å². The van der Waals surface area contributed by atoms with Crippen molar-refractivity contribution >= 4 is 5.71 Å². The number of hydrogen-bond acceptors (Lipinski definition) is 6. The van der Waals surface area contributed by atoms with Crippen molar-refractivity contribution in [3.63, 3.8) is 0 Å². The molecule has 2 aromatic rings. The van der Waals surface area contributed by atoms with E-state index in [1.807, 2.05) is 31.2 Å². The lowest BCUT2D eigenvalue weighted by Crippen LogP contribution is -2.47. The minimum absolute atomic E-state index is 0.163. The SMILES string of the molecule is CON=C(C)c1ccc(Cc2cccc(C34CC(O)CC(CO)(CO3)O4)c2)cc1. The largest absolute Gasteiger partial charge is 0.399 e. The van der Waals surface area contributed by atoms with E-state index in [1.54, 1.807) is 0 Å². The van der Waals surface area contributed by atoms with Gasteiger partial charge in [0.15, 0.2) is 5.79 Å². The fourth-order valence-corrected chi connectivity index (χ4v) is 4.28. The van der Waals surface area contributed by atoms with Gasteiger partial charge in [-0.15, -0.1) is 0 Å². The molecular formula is C23H27NO5. The Morgan fingerprint density at radius 2 is 1.97 bits per heavy atom. The number of oxime groups is 1. The van der Waals surface area contributed by atoms with Crippen LogP contribution in [0.4, 0.5) is 0 Å². The maximum atomic E-state index is 10.3. The van der Waals surface area contributed by atoms with Gasteiger partial charge >= 0.3 is 0 Å². The number of rotatable bonds is 6. The van der Waals surface area contributed by atoms with E-state index < -0.39 is 17.5 Å². The molecule has 29 heavy (non-hydrogen) atoms. The zero-order chi connectivity index (χ0) is 20.5. The van der Waals surface area contributed by atoms with Gasteiger partial charge in [-0.05, 0) is 30.0 Å². The van der Waals surface area contributed by atoms with Gasteiger partial charge in [0.25, 0.3) is 0 Å². The Bertz CT molecular complexity index is 896. The molecule has 6 heteroatoms. The quantitative estimate of drug-likeness (QED) is 0.579. The number of hydrogen-bond donors (Lipinski definition) is 2. The van der Waals surface area contributed by atoms with Crippen molar-refractivity contribution in [2.24, 2.45) is 5.16 Å². The molecule has 0 amide bonds. The number of benzene rings is 2. The van der Waals surface area contributed by atoms with Gasteiger partial charge in [0.1, 0.15) is 12.7 Å². The van der Waals surface area contributed by atoms with Crippen LogP contribution in [0.15, 0.2) is 53.7 Å². The Hall–Kier alpha value is -2.25. The van der Waals surface area contributed by atoms with E-state index in [4.69, 9.17) is 14.3 Å². The van der Waals surface area contributed by atoms with Gasteiger partial charge < -0.3 is 24.5 Å². The molecule has 2 N–H and O–H groups in total. The maximum Gasteiger partial charge on any atom is 0.198 e. The Labute approximate surface area is 170 Å². The number of aliphatic hydroxyl groups excluding tert-OH is 2. The molecule has 4 rings (SSSR count). The molecule has 0 radical (unpaired) electrons. The first-order valence-electron chi connectivity index (χ1n) is 9.87. The molecule has 0 aromatic heterocycles. The van der Waals surface area contributed by atoms with E-state index in [0.717, 1.165) is 28.8 Å². The summed E-state index contributed by atoms with van der Waals surface area (Å²) in [6.07, 6.45) is 0.957. The number of ether oxygens (including phenoxy) is 2. The third-order valence-electron chi connectivity index (χ3n) is 5.72. The van der Waals surface area contributed by atoms with E-state index in [2.05, 4.69) is 29.4 Å². The van der Waals surface area contributed by atoms with Crippen LogP contribution in [0.5, 0.6) is 0 Å². The molecule has 3 atom stereocenters. The molecule has 0 spiro atoms. The fourth-order valence-electron chi connectivity index (χ4n) is 4.28. The molecule has 2 aliphatic heterocycles. The first-order valence-corrected chi connectivity index (χ1v) is 9.87. The van der Waals surface area contributed by atoms with E-state index in [9.17, 15) is 10.2 Å². The van der Waals surface area contributed by atoms with Gasteiger partial charge in [-0.3, -0.25) is 0 Å². The molecule has 0 aliphatic carbocycles. The van der Waals surface area contributed by atoms with E-state index in [-0.39, 0.29) is 13.2 Å². The second kappa shape index (κ2) is 7.88. The highest BCUT2D eigenvalue weighted by Crippen LogP contribution is 2.49. The smallest absolute Gasteiger partial charge is 0.198 e. The van der Waals surface area contributed by atoms with Crippen molar-refractivity contribution in [2.45, 2.75) is 43.7 Å². The molecule has 2 aliphatic rings. The highest BCUT2D eigenvalue weighted by Gasteiger charge is 2.57. The lowest BCUT2D eigenvalue weighted by atomic mass is 9.88. The molecule has 6 nitrogen and oxygen atoms in total. The van der Waals surface area contributed by atoms with Crippen molar-refractivity contribution in [3.05, 3.63) is 70.8 Å². The van der Waals surface area contributed by atoms with Crippen LogP contribution in [0.1, 0.15) is 42.0 Å². The normalized spacial score (nSPS) is 29.1. The van der Waals surface area contributed by atoms with Crippen LogP contribution in [0.3, 0.4) is 0 Å². The molecule has 2 bridgehead atoms. The molecule has 2 aromatic carbocycles. The molecule has 0 saturated carbocycles. The molecule has 2 saturated heterocycles. The standard InChI is InChI=1S/C23H27NO5/c1-16(24-27-2)19-8-6-17(7-9-19)10-18-4-3-5-20(11-18)23-13-21(26)12-22(14-25,29-23)15-28-23/h3-9,11,21,25-26H,10,12-15H2,1-2H3. The second-order valence-electron chi connectivity index (χ2n) is 7.98. The number of fused-ring (bicyclic) bond motifs is 2. The summed E-state index contributed by atoms with van der Waals surface area (Å²) in [5.41, 5.74) is 4.22. The van der Waals surface area contributed by atoms with Gasteiger partial charge in [0.05, 0.1) is 25.0 Å². The van der Waals surface area contributed by atoms with Crippen molar-refractivity contribution in [1.82, 2.24) is 0 Å². The van der Waals surface area contributed by atoms with Gasteiger partial charge in [-0.1, -0.05) is 53.7 Å². The lowest BCUT2D eigenvalue weighted by molar-refractivity contribution is -0.248. The first kappa shape index (κ1) is 20.0. The fraction of sp³-hybridized carbons (Fsp3) is 0.435. The van der Waals surface area contributed by atoms with Crippen LogP contribution in [-0.4, -0.2) is 48.0 Å². The summed E-state index contributed by atoms with van der Waals surface area (Å²) in [5.74, 6) is -0.992. The maximum absolute atomic E-state index is 10.3. The average Bonchev–Trinajstić information content (AvgIpc) is 3.02. The summed E-state index contributed by atoms with van der Waals surface area (Å²) in [4.78, 5) is 4.83. The summed E-state index contributed by atoms with van der Waals surface area (Å²) in [5, 5.41) is 24.1. The zero-order valence-corrected chi connectivity index (χ0v) is 16.8. The minimum atomic E-state index is -0.992. The Kier molecular flexibility index (Phi) is 5.44. The van der Waals surface area contributed by atoms with Crippen molar-refractivity contribution in [2.75, 3.05) is 20.3 Å². The van der Waals surface area contributed by atoms with Gasteiger partial charge in [0, 0.05) is 18.4 Å². The van der Waals surface area contributed by atoms with Crippen LogP contribution in [-0.2, 0) is 26.5 Å². The number of nitrogens with zero attached hydrogens (tertiary/aromatic N) is 1. The summed E-state index contributed by atoms with van der Waals surface area (Å²) in [7, 11) is 1.54. The molecule has 2 fully saturated rings. The van der Waals surface area contributed by atoms with Crippen LogP contribution >= 0.6 is 0 Å². The highest BCUT2D eigenvalue weighted by atomic mass is 16.8. The van der Waals surface area contributed by atoms with Crippen molar-refractivity contribution in [1.29, 1.82) is 0 Å².